The van der Waals surface area contributed by atoms with Gasteiger partial charge in [0.2, 0.25) is 17.6 Å². The molecule has 0 aliphatic carbocycles. The second kappa shape index (κ2) is 11.4. The van der Waals surface area contributed by atoms with Crippen molar-refractivity contribution in [2.24, 2.45) is 0 Å². The van der Waals surface area contributed by atoms with Crippen molar-refractivity contribution in [3.63, 3.8) is 0 Å². The maximum atomic E-state index is 12.7. The molecule has 0 spiro atoms. The molecule has 2 amide bonds. The lowest BCUT2D eigenvalue weighted by Gasteiger charge is -2.28. The zero-order valence-corrected chi connectivity index (χ0v) is 19.6. The molecule has 0 bridgehead atoms. The molecular weight excluding hydrogens is 426 g/mol. The number of carbonyl (C=O) groups is 2. The first kappa shape index (κ1) is 24.2. The van der Waals surface area contributed by atoms with E-state index >= 15 is 0 Å². The van der Waals surface area contributed by atoms with E-state index in [2.05, 4.69) is 10.2 Å². The number of morpholine rings is 1. The molecule has 0 saturated carbocycles. The SMILES string of the molecule is COc1cc(CC(=O)N(C)CC(=O)Nc2ccc(N3CCOCC3)cc2)cc(OC)c1OC. The van der Waals surface area contributed by atoms with Gasteiger partial charge >= 0.3 is 0 Å². The van der Waals surface area contributed by atoms with Gasteiger partial charge in [-0.2, -0.15) is 0 Å². The number of nitrogens with one attached hydrogen (secondary N) is 1. The van der Waals surface area contributed by atoms with E-state index in [1.54, 1.807) is 19.2 Å². The van der Waals surface area contributed by atoms with E-state index in [1.165, 1.54) is 26.2 Å². The van der Waals surface area contributed by atoms with Crippen LogP contribution in [-0.4, -0.2) is 77.9 Å². The Labute approximate surface area is 194 Å². The maximum absolute atomic E-state index is 12.7. The minimum atomic E-state index is -0.269. The zero-order chi connectivity index (χ0) is 23.8. The van der Waals surface area contributed by atoms with E-state index in [1.807, 2.05) is 24.3 Å². The minimum absolute atomic E-state index is 0.0610. The number of benzene rings is 2. The third-order valence-electron chi connectivity index (χ3n) is 5.41. The van der Waals surface area contributed by atoms with Crippen LogP contribution >= 0.6 is 0 Å². The first-order valence-corrected chi connectivity index (χ1v) is 10.7. The van der Waals surface area contributed by atoms with E-state index < -0.39 is 0 Å². The van der Waals surface area contributed by atoms with Gasteiger partial charge in [-0.3, -0.25) is 9.59 Å². The summed E-state index contributed by atoms with van der Waals surface area (Å²) in [6.45, 7) is 3.08. The molecule has 9 nitrogen and oxygen atoms in total. The lowest BCUT2D eigenvalue weighted by molar-refractivity contribution is -0.132. The smallest absolute Gasteiger partial charge is 0.243 e. The van der Waals surface area contributed by atoms with Gasteiger partial charge in [-0.05, 0) is 42.0 Å². The van der Waals surface area contributed by atoms with Gasteiger partial charge < -0.3 is 34.1 Å². The summed E-state index contributed by atoms with van der Waals surface area (Å²) >= 11 is 0. The Morgan fingerprint density at radius 1 is 1.00 bits per heavy atom. The molecule has 1 aliphatic heterocycles. The molecule has 2 aromatic rings. The average Bonchev–Trinajstić information content (AvgIpc) is 2.84. The van der Waals surface area contributed by atoms with Crippen LogP contribution in [0.3, 0.4) is 0 Å². The highest BCUT2D eigenvalue weighted by Crippen LogP contribution is 2.38. The predicted molar refractivity (Wildman–Crippen MR) is 126 cm³/mol. The molecule has 33 heavy (non-hydrogen) atoms. The second-order valence-electron chi connectivity index (χ2n) is 7.65. The van der Waals surface area contributed by atoms with E-state index in [9.17, 15) is 9.59 Å². The van der Waals surface area contributed by atoms with Crippen molar-refractivity contribution in [3.05, 3.63) is 42.0 Å². The normalized spacial score (nSPS) is 13.3. The van der Waals surface area contributed by atoms with Crippen molar-refractivity contribution in [1.82, 2.24) is 4.90 Å². The largest absolute Gasteiger partial charge is 0.493 e. The number of anilines is 2. The molecule has 2 aromatic carbocycles. The topological polar surface area (TPSA) is 89.6 Å². The van der Waals surface area contributed by atoms with Gasteiger partial charge in [0, 0.05) is 31.5 Å². The summed E-state index contributed by atoms with van der Waals surface area (Å²) in [7, 11) is 6.16. The number of ether oxygens (including phenoxy) is 4. The molecular formula is C24H31N3O6. The van der Waals surface area contributed by atoms with Gasteiger partial charge in [0.25, 0.3) is 0 Å². The molecule has 178 valence electrons. The first-order valence-electron chi connectivity index (χ1n) is 10.7. The number of carbonyl (C=O) groups excluding carboxylic acids is 2. The van der Waals surface area contributed by atoms with Crippen molar-refractivity contribution in [1.29, 1.82) is 0 Å². The second-order valence-corrected chi connectivity index (χ2v) is 7.65. The highest BCUT2D eigenvalue weighted by Gasteiger charge is 2.18. The standard InChI is InChI=1S/C24H31N3O6/c1-26(23(29)15-17-13-20(30-2)24(32-4)21(14-17)31-3)16-22(28)25-18-5-7-19(8-6-18)27-9-11-33-12-10-27/h5-8,13-14H,9-12,15-16H2,1-4H3,(H,25,28). The van der Waals surface area contributed by atoms with Crippen LogP contribution < -0.4 is 24.4 Å². The number of methoxy groups -OCH3 is 3. The number of amides is 2. The molecule has 0 atom stereocenters. The Bertz CT molecular complexity index is 932. The number of hydrogen-bond donors (Lipinski definition) is 1. The Balaban J connectivity index is 1.55. The Hall–Kier alpha value is -3.46. The van der Waals surface area contributed by atoms with Crippen LogP contribution in [0.5, 0.6) is 17.2 Å². The highest BCUT2D eigenvalue weighted by atomic mass is 16.5. The van der Waals surface area contributed by atoms with E-state index in [0.29, 0.717) is 28.5 Å². The van der Waals surface area contributed by atoms with Crippen molar-refractivity contribution in [2.75, 3.05) is 71.4 Å². The zero-order valence-electron chi connectivity index (χ0n) is 19.6. The van der Waals surface area contributed by atoms with E-state index in [4.69, 9.17) is 18.9 Å². The van der Waals surface area contributed by atoms with Gasteiger partial charge in [-0.25, -0.2) is 0 Å². The summed E-state index contributed by atoms with van der Waals surface area (Å²) in [5, 5.41) is 2.84. The summed E-state index contributed by atoms with van der Waals surface area (Å²) in [5.74, 6) is 0.932. The van der Waals surface area contributed by atoms with Crippen LogP contribution in [0.15, 0.2) is 36.4 Å². The Morgan fingerprint density at radius 2 is 1.61 bits per heavy atom. The van der Waals surface area contributed by atoms with Gasteiger partial charge in [0.1, 0.15) is 0 Å². The monoisotopic (exact) mass is 457 g/mol. The van der Waals surface area contributed by atoms with Gasteiger partial charge in [-0.15, -0.1) is 0 Å². The Kier molecular flexibility index (Phi) is 8.37. The molecule has 1 heterocycles. The van der Waals surface area contributed by atoms with Crippen LogP contribution in [0.4, 0.5) is 11.4 Å². The van der Waals surface area contributed by atoms with Crippen LogP contribution in [0, 0.1) is 0 Å². The first-order chi connectivity index (χ1) is 15.9. The minimum Gasteiger partial charge on any atom is -0.493 e. The fourth-order valence-electron chi connectivity index (χ4n) is 3.63. The molecule has 9 heteroatoms. The summed E-state index contributed by atoms with van der Waals surface area (Å²) < 4.78 is 21.4. The van der Waals surface area contributed by atoms with Crippen molar-refractivity contribution < 1.29 is 28.5 Å². The third kappa shape index (κ3) is 6.29. The van der Waals surface area contributed by atoms with Crippen molar-refractivity contribution >= 4 is 23.2 Å². The number of rotatable bonds is 9. The fraction of sp³-hybridized carbons (Fsp3) is 0.417. The molecule has 3 rings (SSSR count). The van der Waals surface area contributed by atoms with Crippen molar-refractivity contribution in [2.45, 2.75) is 6.42 Å². The summed E-state index contributed by atoms with van der Waals surface area (Å²) in [4.78, 5) is 28.8. The number of hydrogen-bond acceptors (Lipinski definition) is 7. The van der Waals surface area contributed by atoms with Gasteiger partial charge in [0.05, 0.1) is 47.5 Å². The maximum Gasteiger partial charge on any atom is 0.243 e. The molecule has 0 radical (unpaired) electrons. The lowest BCUT2D eigenvalue weighted by Crippen LogP contribution is -2.36. The van der Waals surface area contributed by atoms with E-state index in [-0.39, 0.29) is 24.8 Å². The van der Waals surface area contributed by atoms with Gasteiger partial charge in [-0.1, -0.05) is 0 Å². The van der Waals surface area contributed by atoms with Crippen LogP contribution in [0.2, 0.25) is 0 Å². The fourth-order valence-corrected chi connectivity index (χ4v) is 3.63. The van der Waals surface area contributed by atoms with Crippen LogP contribution in [0.25, 0.3) is 0 Å². The quantitative estimate of drug-likeness (QED) is 0.617. The summed E-state index contributed by atoms with van der Waals surface area (Å²) in [6, 6.07) is 11.1. The molecule has 1 fully saturated rings. The summed E-state index contributed by atoms with van der Waals surface area (Å²) in [6.07, 6.45) is 0.0920. The molecule has 1 saturated heterocycles. The molecule has 1 aliphatic rings. The molecule has 0 unspecified atom stereocenters. The number of likely N-dealkylation sites (N-methyl/N-ethyl adjacent to an activating group) is 1. The molecule has 0 aromatic heterocycles. The lowest BCUT2D eigenvalue weighted by atomic mass is 10.1. The van der Waals surface area contributed by atoms with Crippen molar-refractivity contribution in [3.8, 4) is 17.2 Å². The highest BCUT2D eigenvalue weighted by molar-refractivity contribution is 5.94. The average molecular weight is 458 g/mol. The Morgan fingerprint density at radius 3 is 2.15 bits per heavy atom. The predicted octanol–water partition coefficient (Wildman–Crippen LogP) is 2.19. The van der Waals surface area contributed by atoms with Crippen LogP contribution in [0.1, 0.15) is 5.56 Å². The van der Waals surface area contributed by atoms with Crippen LogP contribution in [-0.2, 0) is 20.7 Å². The molecule has 1 N–H and O–H groups in total. The van der Waals surface area contributed by atoms with Gasteiger partial charge in [0.15, 0.2) is 11.5 Å². The summed E-state index contributed by atoms with van der Waals surface area (Å²) in [5.41, 5.74) is 2.47. The number of nitrogens with zero attached hydrogens (tertiary/aromatic N) is 2. The van der Waals surface area contributed by atoms with E-state index in [0.717, 1.165) is 32.0 Å². The third-order valence-corrected chi connectivity index (χ3v) is 5.41.